The van der Waals surface area contributed by atoms with Gasteiger partial charge in [-0.05, 0) is 12.5 Å². The molecule has 0 fully saturated rings. The minimum Gasteiger partial charge on any atom is -0.381 e. The molecule has 15 heavy (non-hydrogen) atoms. The van der Waals surface area contributed by atoms with Crippen LogP contribution in [0.3, 0.4) is 0 Å². The molecule has 0 aliphatic heterocycles. The minimum atomic E-state index is 0.298. The largest absolute Gasteiger partial charge is 0.381 e. The minimum absolute atomic E-state index is 0.298. The van der Waals surface area contributed by atoms with Gasteiger partial charge in [0.1, 0.15) is 0 Å². The predicted molar refractivity (Wildman–Crippen MR) is 65.7 cm³/mol. The van der Waals surface area contributed by atoms with Crippen LogP contribution in [0.15, 0.2) is 60.3 Å². The number of methoxy groups -OCH3 is 1. The second kappa shape index (κ2) is 6.20. The van der Waals surface area contributed by atoms with E-state index >= 15 is 0 Å². The third-order valence-corrected chi connectivity index (χ3v) is 2.32. The molecule has 0 N–H and O–H groups in total. The van der Waals surface area contributed by atoms with Crippen LogP contribution in [0.4, 0.5) is 0 Å². The molecular formula is C14H18O. The Kier molecular flexibility index (Phi) is 4.85. The zero-order valence-corrected chi connectivity index (χ0v) is 9.44. The topological polar surface area (TPSA) is 9.23 Å². The third-order valence-electron chi connectivity index (χ3n) is 2.32. The summed E-state index contributed by atoms with van der Waals surface area (Å²) in [5.41, 5.74) is 2.51. The second-order valence-electron chi connectivity index (χ2n) is 3.56. The molecule has 0 spiro atoms. The summed E-state index contributed by atoms with van der Waals surface area (Å²) in [6.07, 6.45) is 14.6. The van der Waals surface area contributed by atoms with Crippen LogP contribution in [0.5, 0.6) is 0 Å². The van der Waals surface area contributed by atoms with Crippen molar-refractivity contribution in [1.29, 1.82) is 0 Å². The maximum atomic E-state index is 4.98. The first-order valence-electron chi connectivity index (χ1n) is 5.12. The second-order valence-corrected chi connectivity index (χ2v) is 3.56. The molecule has 1 heteroatoms. The first-order chi connectivity index (χ1) is 7.27. The van der Waals surface area contributed by atoms with Crippen molar-refractivity contribution in [2.45, 2.75) is 6.92 Å². The van der Waals surface area contributed by atoms with Gasteiger partial charge in [-0.1, -0.05) is 48.1 Å². The summed E-state index contributed by atoms with van der Waals surface area (Å²) >= 11 is 0. The smallest absolute Gasteiger partial charge is 0.0646 e. The molecule has 0 saturated heterocycles. The molecule has 0 aromatic rings. The molecule has 0 aromatic heterocycles. The molecule has 1 nitrogen and oxygen atoms in total. The van der Waals surface area contributed by atoms with Crippen LogP contribution in [0.25, 0.3) is 0 Å². The molecule has 0 saturated carbocycles. The van der Waals surface area contributed by atoms with E-state index in [9.17, 15) is 0 Å². The fourth-order valence-corrected chi connectivity index (χ4v) is 1.42. The highest BCUT2D eigenvalue weighted by molar-refractivity contribution is 5.39. The molecule has 0 radical (unpaired) electrons. The number of hydrogen-bond acceptors (Lipinski definition) is 1. The van der Waals surface area contributed by atoms with Crippen molar-refractivity contribution < 1.29 is 4.74 Å². The number of ether oxygens (including phenoxy) is 1. The number of hydrogen-bond donors (Lipinski definition) is 0. The summed E-state index contributed by atoms with van der Waals surface area (Å²) in [6, 6.07) is 0. The first-order valence-corrected chi connectivity index (χ1v) is 5.12. The van der Waals surface area contributed by atoms with Crippen molar-refractivity contribution in [2.75, 3.05) is 13.7 Å². The first kappa shape index (κ1) is 11.7. The Morgan fingerprint density at radius 2 is 2.27 bits per heavy atom. The van der Waals surface area contributed by atoms with E-state index in [2.05, 4.69) is 43.9 Å². The Labute approximate surface area is 92.1 Å². The van der Waals surface area contributed by atoms with E-state index in [-0.39, 0.29) is 0 Å². The van der Waals surface area contributed by atoms with Crippen LogP contribution in [0.1, 0.15) is 6.92 Å². The summed E-state index contributed by atoms with van der Waals surface area (Å²) in [4.78, 5) is 0. The van der Waals surface area contributed by atoms with Crippen molar-refractivity contribution in [3.63, 3.8) is 0 Å². The Bertz CT molecular complexity index is 329. The Morgan fingerprint density at radius 3 is 2.93 bits per heavy atom. The standard InChI is InChI=1S/C14H18O/c1-4-13-9-7-12(2)8-10-14(13)6-5-11-15-3/h4-10,13H,1,11H2,2-3H3/b6-5-. The zero-order valence-electron chi connectivity index (χ0n) is 9.44. The molecule has 1 atom stereocenters. The van der Waals surface area contributed by atoms with Crippen LogP contribution >= 0.6 is 0 Å². The van der Waals surface area contributed by atoms with Crippen molar-refractivity contribution >= 4 is 0 Å². The highest BCUT2D eigenvalue weighted by Gasteiger charge is 2.05. The quantitative estimate of drug-likeness (QED) is 0.635. The van der Waals surface area contributed by atoms with Gasteiger partial charge in [-0.2, -0.15) is 0 Å². The average molecular weight is 202 g/mol. The van der Waals surface area contributed by atoms with E-state index < -0.39 is 0 Å². The van der Waals surface area contributed by atoms with Gasteiger partial charge >= 0.3 is 0 Å². The van der Waals surface area contributed by atoms with E-state index in [1.165, 1.54) is 11.1 Å². The molecule has 1 aliphatic rings. The zero-order chi connectivity index (χ0) is 11.1. The van der Waals surface area contributed by atoms with E-state index in [0.29, 0.717) is 12.5 Å². The Hall–Kier alpha value is -1.34. The van der Waals surface area contributed by atoms with Crippen molar-refractivity contribution in [1.82, 2.24) is 0 Å². The van der Waals surface area contributed by atoms with Gasteiger partial charge in [-0.3, -0.25) is 0 Å². The predicted octanol–water partition coefficient (Wildman–Crippen LogP) is 3.43. The van der Waals surface area contributed by atoms with Gasteiger partial charge in [-0.15, -0.1) is 6.58 Å². The fraction of sp³-hybridized carbons (Fsp3) is 0.286. The van der Waals surface area contributed by atoms with Gasteiger partial charge in [0.25, 0.3) is 0 Å². The van der Waals surface area contributed by atoms with Gasteiger partial charge in [0.05, 0.1) is 6.61 Å². The van der Waals surface area contributed by atoms with E-state index in [0.717, 1.165) is 0 Å². The van der Waals surface area contributed by atoms with E-state index in [4.69, 9.17) is 4.74 Å². The highest BCUT2D eigenvalue weighted by atomic mass is 16.5. The lowest BCUT2D eigenvalue weighted by molar-refractivity contribution is 0.234. The molecule has 0 amide bonds. The molecule has 1 rings (SSSR count). The number of rotatable bonds is 4. The van der Waals surface area contributed by atoms with Gasteiger partial charge in [-0.25, -0.2) is 0 Å². The number of allylic oxidation sites excluding steroid dienone is 8. The summed E-state index contributed by atoms with van der Waals surface area (Å²) in [5.74, 6) is 0.298. The molecule has 0 aromatic carbocycles. The molecule has 1 unspecified atom stereocenters. The highest BCUT2D eigenvalue weighted by Crippen LogP contribution is 2.20. The lowest BCUT2D eigenvalue weighted by atomic mass is 9.98. The Balaban J connectivity index is 2.82. The summed E-state index contributed by atoms with van der Waals surface area (Å²) in [5, 5.41) is 0. The van der Waals surface area contributed by atoms with Crippen LogP contribution in [0.2, 0.25) is 0 Å². The maximum absolute atomic E-state index is 4.98. The van der Waals surface area contributed by atoms with Crippen LogP contribution in [-0.4, -0.2) is 13.7 Å². The molecule has 0 bridgehead atoms. The fourth-order valence-electron chi connectivity index (χ4n) is 1.42. The monoisotopic (exact) mass is 202 g/mol. The maximum Gasteiger partial charge on any atom is 0.0646 e. The lowest BCUT2D eigenvalue weighted by Crippen LogP contribution is -1.94. The SMILES string of the molecule is C=CC1C=CC(C)=CC=C1/C=C\COC. The van der Waals surface area contributed by atoms with Crippen LogP contribution < -0.4 is 0 Å². The average Bonchev–Trinajstić information content (AvgIpc) is 2.42. The van der Waals surface area contributed by atoms with Gasteiger partial charge in [0.2, 0.25) is 0 Å². The third kappa shape index (κ3) is 3.72. The van der Waals surface area contributed by atoms with Gasteiger partial charge in [0, 0.05) is 13.0 Å². The molecule has 0 heterocycles. The summed E-state index contributed by atoms with van der Waals surface area (Å²) in [7, 11) is 1.70. The van der Waals surface area contributed by atoms with Crippen molar-refractivity contribution in [3.05, 3.63) is 60.3 Å². The molecular weight excluding hydrogens is 184 g/mol. The van der Waals surface area contributed by atoms with Gasteiger partial charge < -0.3 is 4.74 Å². The summed E-state index contributed by atoms with van der Waals surface area (Å²) < 4.78 is 4.98. The molecule has 1 aliphatic carbocycles. The van der Waals surface area contributed by atoms with Crippen molar-refractivity contribution in [2.24, 2.45) is 5.92 Å². The van der Waals surface area contributed by atoms with E-state index in [1.807, 2.05) is 12.2 Å². The van der Waals surface area contributed by atoms with Crippen molar-refractivity contribution in [3.8, 4) is 0 Å². The van der Waals surface area contributed by atoms with Crippen LogP contribution in [-0.2, 0) is 4.74 Å². The Morgan fingerprint density at radius 1 is 1.47 bits per heavy atom. The van der Waals surface area contributed by atoms with Crippen LogP contribution in [0, 0.1) is 5.92 Å². The van der Waals surface area contributed by atoms with Gasteiger partial charge in [0.15, 0.2) is 0 Å². The normalized spacial score (nSPS) is 21.1. The summed E-state index contributed by atoms with van der Waals surface area (Å²) in [6.45, 7) is 6.59. The molecule has 80 valence electrons. The lowest BCUT2D eigenvalue weighted by Gasteiger charge is -2.07. The van der Waals surface area contributed by atoms with E-state index in [1.54, 1.807) is 7.11 Å².